The highest BCUT2D eigenvalue weighted by Crippen LogP contribution is 2.07. The number of carboxylic acid groups (broad SMARTS) is 1. The van der Waals surface area contributed by atoms with Crippen molar-refractivity contribution in [2.24, 2.45) is 0 Å². The number of H-pyrrole nitrogens is 1. The van der Waals surface area contributed by atoms with Gasteiger partial charge in [0.2, 0.25) is 0 Å². The fourth-order valence-electron chi connectivity index (χ4n) is 0.946. The number of aromatic carboxylic acids is 1. The van der Waals surface area contributed by atoms with Crippen molar-refractivity contribution >= 4 is 5.97 Å². The van der Waals surface area contributed by atoms with Crippen LogP contribution >= 0.6 is 0 Å². The zero-order valence-corrected chi connectivity index (χ0v) is 5.93. The van der Waals surface area contributed by atoms with E-state index < -0.39 is 5.97 Å². The lowest BCUT2D eigenvalue weighted by atomic mass is 10.2. The van der Waals surface area contributed by atoms with E-state index in [9.17, 15) is 4.79 Å². The summed E-state index contributed by atoms with van der Waals surface area (Å²) in [5, 5.41) is 8.56. The second-order valence-corrected chi connectivity index (χ2v) is 2.30. The fourth-order valence-corrected chi connectivity index (χ4v) is 0.946. The first-order chi connectivity index (χ1) is 4.61. The molecule has 0 aliphatic carbocycles. The first kappa shape index (κ1) is 6.86. The van der Waals surface area contributed by atoms with Gasteiger partial charge in [-0.25, -0.2) is 4.79 Å². The molecule has 3 nitrogen and oxygen atoms in total. The summed E-state index contributed by atoms with van der Waals surface area (Å²) in [6.45, 7) is 3.58. The van der Waals surface area contributed by atoms with Gasteiger partial charge in [0.25, 0.3) is 0 Å². The SMILES string of the molecule is Cc1cc(C(=O)O)c(C)[nH]1. The van der Waals surface area contributed by atoms with E-state index in [-0.39, 0.29) is 0 Å². The number of aromatic nitrogens is 1. The van der Waals surface area contributed by atoms with Crippen LogP contribution in [0.3, 0.4) is 0 Å². The molecule has 1 aromatic heterocycles. The molecule has 1 aromatic rings. The third-order valence-electron chi connectivity index (χ3n) is 1.38. The Bertz CT molecular complexity index is 263. The Balaban J connectivity index is 3.15. The maximum absolute atomic E-state index is 10.4. The van der Waals surface area contributed by atoms with Gasteiger partial charge in [-0.1, -0.05) is 0 Å². The number of aromatic amines is 1. The van der Waals surface area contributed by atoms with Crippen molar-refractivity contribution < 1.29 is 9.90 Å². The molecule has 0 aliphatic heterocycles. The van der Waals surface area contributed by atoms with Gasteiger partial charge in [-0.05, 0) is 19.9 Å². The Labute approximate surface area is 58.7 Å². The molecule has 0 aromatic carbocycles. The summed E-state index contributed by atoms with van der Waals surface area (Å²) in [5.41, 5.74) is 1.96. The lowest BCUT2D eigenvalue weighted by Gasteiger charge is -1.87. The second-order valence-electron chi connectivity index (χ2n) is 2.30. The van der Waals surface area contributed by atoms with Crippen LogP contribution in [0.1, 0.15) is 21.7 Å². The molecule has 10 heavy (non-hydrogen) atoms. The standard InChI is InChI=1S/C7H9NO2/c1-4-3-6(7(9)10)5(2)8-4/h3,8H,1-2H3,(H,9,10). The van der Waals surface area contributed by atoms with Gasteiger partial charge < -0.3 is 10.1 Å². The molecule has 1 rings (SSSR count). The van der Waals surface area contributed by atoms with E-state index >= 15 is 0 Å². The highest BCUT2D eigenvalue weighted by atomic mass is 16.4. The molecule has 0 saturated carbocycles. The van der Waals surface area contributed by atoms with Crippen LogP contribution in [-0.2, 0) is 0 Å². The largest absolute Gasteiger partial charge is 0.478 e. The van der Waals surface area contributed by atoms with Crippen LogP contribution in [0, 0.1) is 13.8 Å². The molecule has 0 saturated heterocycles. The monoisotopic (exact) mass is 139 g/mol. The number of nitrogens with one attached hydrogen (secondary N) is 1. The minimum Gasteiger partial charge on any atom is -0.478 e. The van der Waals surface area contributed by atoms with Crippen molar-refractivity contribution in [3.8, 4) is 0 Å². The highest BCUT2D eigenvalue weighted by molar-refractivity contribution is 5.89. The van der Waals surface area contributed by atoms with Crippen molar-refractivity contribution in [2.45, 2.75) is 13.8 Å². The van der Waals surface area contributed by atoms with Gasteiger partial charge in [0.05, 0.1) is 5.56 Å². The van der Waals surface area contributed by atoms with Gasteiger partial charge in [0, 0.05) is 11.4 Å². The molecule has 0 aliphatic rings. The number of rotatable bonds is 1. The summed E-state index contributed by atoms with van der Waals surface area (Å²) in [4.78, 5) is 13.3. The summed E-state index contributed by atoms with van der Waals surface area (Å²) < 4.78 is 0. The number of aryl methyl sites for hydroxylation is 2. The summed E-state index contributed by atoms with van der Waals surface area (Å²) in [6, 6.07) is 1.62. The third kappa shape index (κ3) is 1.03. The average molecular weight is 139 g/mol. The van der Waals surface area contributed by atoms with Crippen LogP contribution in [-0.4, -0.2) is 16.1 Å². The molecule has 0 unspecified atom stereocenters. The average Bonchev–Trinajstić information content (AvgIpc) is 2.10. The highest BCUT2D eigenvalue weighted by Gasteiger charge is 2.07. The molecule has 3 heteroatoms. The fraction of sp³-hybridized carbons (Fsp3) is 0.286. The van der Waals surface area contributed by atoms with Gasteiger partial charge in [-0.2, -0.15) is 0 Å². The van der Waals surface area contributed by atoms with Gasteiger partial charge in [0.15, 0.2) is 0 Å². The normalized spacial score (nSPS) is 9.80. The van der Waals surface area contributed by atoms with Gasteiger partial charge in [-0.15, -0.1) is 0 Å². The second kappa shape index (κ2) is 2.17. The number of carboxylic acids is 1. The molecular weight excluding hydrogens is 130 g/mol. The molecule has 0 radical (unpaired) electrons. The maximum Gasteiger partial charge on any atom is 0.337 e. The van der Waals surface area contributed by atoms with Gasteiger partial charge in [-0.3, -0.25) is 0 Å². The Kier molecular flexibility index (Phi) is 1.49. The lowest BCUT2D eigenvalue weighted by Crippen LogP contribution is -1.95. The molecule has 54 valence electrons. The van der Waals surface area contributed by atoms with Crippen LogP contribution in [0.4, 0.5) is 0 Å². The summed E-state index contributed by atoms with van der Waals surface area (Å²) >= 11 is 0. The van der Waals surface area contributed by atoms with Crippen LogP contribution in [0.25, 0.3) is 0 Å². The van der Waals surface area contributed by atoms with Crippen molar-refractivity contribution in [3.05, 3.63) is 23.0 Å². The Morgan fingerprint density at radius 1 is 1.60 bits per heavy atom. The zero-order valence-electron chi connectivity index (χ0n) is 5.93. The van der Waals surface area contributed by atoms with E-state index in [2.05, 4.69) is 4.98 Å². The van der Waals surface area contributed by atoms with E-state index in [4.69, 9.17) is 5.11 Å². The summed E-state index contributed by atoms with van der Waals surface area (Å²) in [5.74, 6) is -0.873. The van der Waals surface area contributed by atoms with Crippen LogP contribution in [0.15, 0.2) is 6.07 Å². The van der Waals surface area contributed by atoms with Crippen molar-refractivity contribution in [2.75, 3.05) is 0 Å². The van der Waals surface area contributed by atoms with Crippen molar-refractivity contribution in [1.29, 1.82) is 0 Å². The van der Waals surface area contributed by atoms with E-state index in [0.29, 0.717) is 11.3 Å². The molecule has 0 fully saturated rings. The minimum absolute atomic E-state index is 0.359. The third-order valence-corrected chi connectivity index (χ3v) is 1.38. The number of hydrogen-bond acceptors (Lipinski definition) is 1. The van der Waals surface area contributed by atoms with Crippen LogP contribution < -0.4 is 0 Å². The predicted molar refractivity (Wildman–Crippen MR) is 37.2 cm³/mol. The molecule has 0 amide bonds. The first-order valence-electron chi connectivity index (χ1n) is 3.01. The Morgan fingerprint density at radius 3 is 2.40 bits per heavy atom. The summed E-state index contributed by atoms with van der Waals surface area (Å²) in [7, 11) is 0. The van der Waals surface area contributed by atoms with E-state index in [1.807, 2.05) is 6.92 Å². The zero-order chi connectivity index (χ0) is 7.72. The maximum atomic E-state index is 10.4. The van der Waals surface area contributed by atoms with Gasteiger partial charge >= 0.3 is 5.97 Å². The Hall–Kier alpha value is -1.25. The van der Waals surface area contributed by atoms with E-state index in [1.54, 1.807) is 13.0 Å². The molecule has 1 heterocycles. The topological polar surface area (TPSA) is 53.1 Å². The quantitative estimate of drug-likeness (QED) is 0.616. The van der Waals surface area contributed by atoms with Crippen LogP contribution in [0.5, 0.6) is 0 Å². The lowest BCUT2D eigenvalue weighted by molar-refractivity contribution is 0.0696. The molecule has 2 N–H and O–H groups in total. The number of hydrogen-bond donors (Lipinski definition) is 2. The van der Waals surface area contributed by atoms with Gasteiger partial charge in [0.1, 0.15) is 0 Å². The smallest absolute Gasteiger partial charge is 0.337 e. The van der Waals surface area contributed by atoms with Crippen molar-refractivity contribution in [1.82, 2.24) is 4.98 Å². The molecular formula is C7H9NO2. The van der Waals surface area contributed by atoms with Crippen LogP contribution in [0.2, 0.25) is 0 Å². The van der Waals surface area contributed by atoms with E-state index in [1.165, 1.54) is 0 Å². The predicted octanol–water partition coefficient (Wildman–Crippen LogP) is 1.33. The molecule has 0 spiro atoms. The Morgan fingerprint density at radius 2 is 2.20 bits per heavy atom. The van der Waals surface area contributed by atoms with E-state index in [0.717, 1.165) is 5.69 Å². The van der Waals surface area contributed by atoms with Crippen molar-refractivity contribution in [3.63, 3.8) is 0 Å². The minimum atomic E-state index is -0.873. The molecule has 0 bridgehead atoms. The summed E-state index contributed by atoms with van der Waals surface area (Å²) in [6.07, 6.45) is 0. The first-order valence-corrected chi connectivity index (χ1v) is 3.01. The number of carbonyl (C=O) groups is 1. The molecule has 0 atom stereocenters.